The molecule has 1 atom stereocenters. The summed E-state index contributed by atoms with van der Waals surface area (Å²) in [6.45, 7) is 8.60. The average molecular weight is 272 g/mol. The van der Waals surface area contributed by atoms with Crippen LogP contribution in [0.5, 0.6) is 5.75 Å². The zero-order valence-electron chi connectivity index (χ0n) is 11.4. The van der Waals surface area contributed by atoms with Crippen LogP contribution in [-0.2, 0) is 0 Å². The number of thioether (sulfide) groups is 1. The van der Waals surface area contributed by atoms with Crippen LogP contribution in [-0.4, -0.2) is 22.2 Å². The number of aliphatic hydroxyl groups excluding tert-OH is 1. The van der Waals surface area contributed by atoms with Crippen LogP contribution in [0, 0.1) is 5.82 Å². The van der Waals surface area contributed by atoms with E-state index in [4.69, 9.17) is 4.74 Å². The second-order valence-corrected chi connectivity index (χ2v) is 7.09. The second-order valence-electron chi connectivity index (χ2n) is 5.17. The van der Waals surface area contributed by atoms with Gasteiger partial charge in [-0.15, -0.1) is 0 Å². The van der Waals surface area contributed by atoms with Gasteiger partial charge in [-0.25, -0.2) is 4.39 Å². The third-order valence-corrected chi connectivity index (χ3v) is 3.53. The van der Waals surface area contributed by atoms with Crippen molar-refractivity contribution in [2.75, 3.05) is 12.4 Å². The quantitative estimate of drug-likeness (QED) is 0.827. The predicted molar refractivity (Wildman–Crippen MR) is 74.7 cm³/mol. The van der Waals surface area contributed by atoms with E-state index in [1.807, 2.05) is 11.8 Å². The van der Waals surface area contributed by atoms with Crippen molar-refractivity contribution in [3.8, 4) is 5.75 Å². The molecule has 1 rings (SSSR count). The first-order valence-corrected chi connectivity index (χ1v) is 7.02. The average Bonchev–Trinajstić information content (AvgIpc) is 2.24. The first kappa shape index (κ1) is 15.3. The molecule has 1 N–H and O–H groups in total. The lowest BCUT2D eigenvalue weighted by Gasteiger charge is -2.18. The molecule has 4 heteroatoms. The van der Waals surface area contributed by atoms with Gasteiger partial charge in [0.25, 0.3) is 0 Å². The summed E-state index contributed by atoms with van der Waals surface area (Å²) in [4.78, 5) is 0. The number of benzene rings is 1. The van der Waals surface area contributed by atoms with Gasteiger partial charge in [0.15, 0.2) is 0 Å². The number of ether oxygens (including phenoxy) is 1. The van der Waals surface area contributed by atoms with Gasteiger partial charge in [0.2, 0.25) is 0 Å². The molecule has 0 saturated carbocycles. The Morgan fingerprint density at radius 1 is 1.39 bits per heavy atom. The van der Waals surface area contributed by atoms with Gasteiger partial charge in [-0.1, -0.05) is 20.8 Å². The van der Waals surface area contributed by atoms with Crippen LogP contribution in [0.1, 0.15) is 39.4 Å². The Morgan fingerprint density at radius 3 is 2.61 bits per heavy atom. The molecule has 0 aliphatic rings. The Balaban J connectivity index is 2.57. The molecule has 1 unspecified atom stereocenters. The Bertz CT molecular complexity index is 386. The fourth-order valence-electron chi connectivity index (χ4n) is 1.48. The van der Waals surface area contributed by atoms with Gasteiger partial charge >= 0.3 is 0 Å². The van der Waals surface area contributed by atoms with Crippen LogP contribution in [0.15, 0.2) is 18.2 Å². The standard InChI is InChI=1S/C14H21FO2S/c1-10(16)12-9-11(15)5-6-13(12)17-7-8-18-14(2,3)4/h5-6,9-10,16H,7-8H2,1-4H3. The van der Waals surface area contributed by atoms with Crippen LogP contribution < -0.4 is 4.74 Å². The zero-order valence-corrected chi connectivity index (χ0v) is 12.2. The summed E-state index contributed by atoms with van der Waals surface area (Å²) < 4.78 is 18.9. The normalized spacial score (nSPS) is 13.4. The van der Waals surface area contributed by atoms with E-state index in [-0.39, 0.29) is 10.6 Å². The van der Waals surface area contributed by atoms with E-state index in [2.05, 4.69) is 20.8 Å². The van der Waals surface area contributed by atoms with Gasteiger partial charge < -0.3 is 9.84 Å². The maximum Gasteiger partial charge on any atom is 0.125 e. The first-order chi connectivity index (χ1) is 8.29. The van der Waals surface area contributed by atoms with E-state index in [9.17, 15) is 9.50 Å². The fourth-order valence-corrected chi connectivity index (χ4v) is 2.26. The molecule has 1 aromatic rings. The third-order valence-electron chi connectivity index (χ3n) is 2.30. The molecule has 0 amide bonds. The SMILES string of the molecule is CC(O)c1cc(F)ccc1OCCSC(C)(C)C. The van der Waals surface area contributed by atoms with Gasteiger partial charge in [0, 0.05) is 16.1 Å². The number of hydrogen-bond donors (Lipinski definition) is 1. The topological polar surface area (TPSA) is 29.5 Å². The van der Waals surface area contributed by atoms with E-state index in [0.29, 0.717) is 17.9 Å². The van der Waals surface area contributed by atoms with Gasteiger partial charge in [-0.05, 0) is 25.1 Å². The Labute approximate surface area is 113 Å². The number of aliphatic hydroxyl groups is 1. The minimum Gasteiger partial charge on any atom is -0.492 e. The molecule has 0 bridgehead atoms. The van der Waals surface area contributed by atoms with Crippen molar-refractivity contribution in [2.24, 2.45) is 0 Å². The lowest BCUT2D eigenvalue weighted by atomic mass is 10.1. The largest absolute Gasteiger partial charge is 0.492 e. The molecular weight excluding hydrogens is 251 g/mol. The summed E-state index contributed by atoms with van der Waals surface area (Å²) in [6.07, 6.45) is -0.731. The third kappa shape index (κ3) is 5.27. The van der Waals surface area contributed by atoms with E-state index >= 15 is 0 Å². The van der Waals surface area contributed by atoms with Gasteiger partial charge in [0.05, 0.1) is 12.7 Å². The molecule has 102 valence electrons. The van der Waals surface area contributed by atoms with E-state index in [1.165, 1.54) is 12.1 Å². The van der Waals surface area contributed by atoms with E-state index in [1.54, 1.807) is 13.0 Å². The lowest BCUT2D eigenvalue weighted by Crippen LogP contribution is -2.12. The Kier molecular flexibility index (Phi) is 5.47. The molecule has 0 heterocycles. The second kappa shape index (κ2) is 6.43. The highest BCUT2D eigenvalue weighted by Gasteiger charge is 2.12. The molecule has 2 nitrogen and oxygen atoms in total. The molecule has 0 aliphatic heterocycles. The summed E-state index contributed by atoms with van der Waals surface area (Å²) in [5, 5.41) is 9.56. The van der Waals surface area contributed by atoms with Crippen LogP contribution in [0.4, 0.5) is 4.39 Å². The first-order valence-electron chi connectivity index (χ1n) is 6.04. The van der Waals surface area contributed by atoms with Crippen molar-refractivity contribution in [2.45, 2.75) is 38.5 Å². The van der Waals surface area contributed by atoms with Crippen LogP contribution in [0.25, 0.3) is 0 Å². The van der Waals surface area contributed by atoms with Gasteiger partial charge in [-0.2, -0.15) is 11.8 Å². The summed E-state index contributed by atoms with van der Waals surface area (Å²) in [5.74, 6) is 1.06. The number of hydrogen-bond acceptors (Lipinski definition) is 3. The summed E-state index contributed by atoms with van der Waals surface area (Å²) in [6, 6.07) is 4.23. The van der Waals surface area contributed by atoms with Crippen molar-refractivity contribution in [1.82, 2.24) is 0 Å². The van der Waals surface area contributed by atoms with Gasteiger partial charge in [-0.3, -0.25) is 0 Å². The minimum atomic E-state index is -0.731. The van der Waals surface area contributed by atoms with Crippen molar-refractivity contribution < 1.29 is 14.2 Å². The summed E-state index contributed by atoms with van der Waals surface area (Å²) in [7, 11) is 0. The molecule has 18 heavy (non-hydrogen) atoms. The highest BCUT2D eigenvalue weighted by molar-refractivity contribution is 8.00. The molecular formula is C14H21FO2S. The highest BCUT2D eigenvalue weighted by atomic mass is 32.2. The molecule has 0 radical (unpaired) electrons. The zero-order chi connectivity index (χ0) is 13.8. The van der Waals surface area contributed by atoms with Crippen molar-refractivity contribution in [3.63, 3.8) is 0 Å². The highest BCUT2D eigenvalue weighted by Crippen LogP contribution is 2.27. The maximum absolute atomic E-state index is 13.1. The van der Waals surface area contributed by atoms with Crippen molar-refractivity contribution >= 4 is 11.8 Å². The van der Waals surface area contributed by atoms with E-state index in [0.717, 1.165) is 5.75 Å². The molecule has 0 spiro atoms. The lowest BCUT2D eigenvalue weighted by molar-refractivity contribution is 0.191. The van der Waals surface area contributed by atoms with Crippen LogP contribution in [0.3, 0.4) is 0 Å². The molecule has 0 fully saturated rings. The summed E-state index contributed by atoms with van der Waals surface area (Å²) in [5.41, 5.74) is 0.496. The monoisotopic (exact) mass is 272 g/mol. The predicted octanol–water partition coefficient (Wildman–Crippen LogP) is 3.79. The molecule has 0 saturated heterocycles. The molecule has 0 aliphatic carbocycles. The van der Waals surface area contributed by atoms with Crippen LogP contribution in [0.2, 0.25) is 0 Å². The fraction of sp³-hybridized carbons (Fsp3) is 0.571. The van der Waals surface area contributed by atoms with Crippen molar-refractivity contribution in [3.05, 3.63) is 29.6 Å². The maximum atomic E-state index is 13.1. The smallest absolute Gasteiger partial charge is 0.125 e. The Hall–Kier alpha value is -0.740. The Morgan fingerprint density at radius 2 is 2.06 bits per heavy atom. The molecule has 0 aromatic heterocycles. The minimum absolute atomic E-state index is 0.208. The summed E-state index contributed by atoms with van der Waals surface area (Å²) >= 11 is 1.81. The van der Waals surface area contributed by atoms with Crippen LogP contribution >= 0.6 is 11.8 Å². The number of rotatable bonds is 5. The van der Waals surface area contributed by atoms with E-state index < -0.39 is 6.10 Å². The number of halogens is 1. The van der Waals surface area contributed by atoms with Gasteiger partial charge in [0.1, 0.15) is 11.6 Å². The van der Waals surface area contributed by atoms with Crippen molar-refractivity contribution in [1.29, 1.82) is 0 Å². The molecule has 1 aromatic carbocycles.